The first-order valence-corrected chi connectivity index (χ1v) is 7.26. The van der Waals surface area contributed by atoms with Crippen molar-refractivity contribution in [3.8, 4) is 0 Å². The minimum atomic E-state index is -0.346. The fourth-order valence-corrected chi connectivity index (χ4v) is 2.00. The molecule has 1 aromatic carbocycles. The Bertz CT molecular complexity index is 573. The average molecular weight is 344 g/mol. The van der Waals surface area contributed by atoms with Gasteiger partial charge < -0.3 is 10.7 Å². The van der Waals surface area contributed by atoms with Gasteiger partial charge >= 0.3 is 0 Å². The molecule has 5 nitrogen and oxygen atoms in total. The smallest absolute Gasteiger partial charge is 0.191 e. The van der Waals surface area contributed by atoms with Gasteiger partial charge in [0.15, 0.2) is 5.16 Å². The van der Waals surface area contributed by atoms with Crippen molar-refractivity contribution in [2.75, 3.05) is 17.0 Å². The third kappa shape index (κ3) is 3.55. The van der Waals surface area contributed by atoms with E-state index in [4.69, 9.17) is 5.84 Å². The number of nitrogen functional groups attached to an aromatic ring is 1. The van der Waals surface area contributed by atoms with Gasteiger partial charge in [-0.3, -0.25) is 0 Å². The van der Waals surface area contributed by atoms with Crippen LogP contribution >= 0.6 is 27.7 Å². The van der Waals surface area contributed by atoms with Crippen LogP contribution in [-0.2, 0) is 0 Å². The maximum absolute atomic E-state index is 13.4. The van der Waals surface area contributed by atoms with Crippen LogP contribution in [0.1, 0.15) is 0 Å². The summed E-state index contributed by atoms with van der Waals surface area (Å²) in [6, 6.07) is 6.38. The predicted molar refractivity (Wildman–Crippen MR) is 79.0 cm³/mol. The highest BCUT2D eigenvalue weighted by molar-refractivity contribution is 9.10. The summed E-state index contributed by atoms with van der Waals surface area (Å²) in [4.78, 5) is 8.40. The van der Waals surface area contributed by atoms with Gasteiger partial charge in [-0.25, -0.2) is 20.2 Å². The number of benzene rings is 1. The zero-order valence-electron chi connectivity index (χ0n) is 9.95. The Kier molecular flexibility index (Phi) is 4.56. The molecule has 0 aliphatic rings. The number of thioether (sulfide) groups is 1. The van der Waals surface area contributed by atoms with Gasteiger partial charge in [0.1, 0.15) is 17.5 Å². The van der Waals surface area contributed by atoms with E-state index in [-0.39, 0.29) is 5.82 Å². The van der Waals surface area contributed by atoms with Gasteiger partial charge in [0.25, 0.3) is 0 Å². The normalized spacial score (nSPS) is 10.3. The second-order valence-corrected chi connectivity index (χ2v) is 5.15. The number of anilines is 3. The van der Waals surface area contributed by atoms with Gasteiger partial charge in [0.05, 0.1) is 4.47 Å². The number of nitrogens with two attached hydrogens (primary N) is 1. The summed E-state index contributed by atoms with van der Waals surface area (Å²) in [6.07, 6.45) is 1.86. The topological polar surface area (TPSA) is 75.9 Å². The highest BCUT2D eigenvalue weighted by Crippen LogP contribution is 2.23. The van der Waals surface area contributed by atoms with Crippen LogP contribution in [0, 0.1) is 5.82 Å². The Morgan fingerprint density at radius 2 is 2.00 bits per heavy atom. The number of halogens is 2. The fraction of sp³-hybridized carbons (Fsp3) is 0.0909. The molecule has 19 heavy (non-hydrogen) atoms. The van der Waals surface area contributed by atoms with Crippen LogP contribution in [0.3, 0.4) is 0 Å². The number of nitrogens with one attached hydrogen (secondary N) is 2. The lowest BCUT2D eigenvalue weighted by atomic mass is 10.3. The third-order valence-corrected chi connectivity index (χ3v) is 3.42. The van der Waals surface area contributed by atoms with E-state index in [1.54, 1.807) is 18.2 Å². The standard InChI is InChI=1S/C11H11BrFN5S/c1-19-11-16-9(5-10(17-11)18-14)15-6-2-3-7(12)8(13)4-6/h2-5H,14H2,1H3,(H2,15,16,17,18). The summed E-state index contributed by atoms with van der Waals surface area (Å²) < 4.78 is 13.8. The highest BCUT2D eigenvalue weighted by Gasteiger charge is 2.05. The van der Waals surface area contributed by atoms with E-state index < -0.39 is 0 Å². The van der Waals surface area contributed by atoms with Crippen LogP contribution < -0.4 is 16.6 Å². The Hall–Kier alpha value is -1.38. The molecule has 2 rings (SSSR count). The van der Waals surface area contributed by atoms with Gasteiger partial charge in [-0.2, -0.15) is 0 Å². The Labute approximate surface area is 122 Å². The maximum atomic E-state index is 13.4. The summed E-state index contributed by atoms with van der Waals surface area (Å²) in [5, 5.41) is 3.57. The molecule has 1 heterocycles. The molecule has 0 fully saturated rings. The number of hydrogen-bond acceptors (Lipinski definition) is 6. The Morgan fingerprint density at radius 3 is 2.63 bits per heavy atom. The molecule has 8 heteroatoms. The zero-order chi connectivity index (χ0) is 13.8. The van der Waals surface area contributed by atoms with E-state index >= 15 is 0 Å². The van der Waals surface area contributed by atoms with Crippen LogP contribution in [0.15, 0.2) is 33.9 Å². The van der Waals surface area contributed by atoms with Gasteiger partial charge in [0, 0.05) is 11.8 Å². The summed E-state index contributed by atoms with van der Waals surface area (Å²) in [6.45, 7) is 0. The average Bonchev–Trinajstić information content (AvgIpc) is 2.42. The van der Waals surface area contributed by atoms with Crippen molar-refractivity contribution in [2.24, 2.45) is 5.84 Å². The first-order valence-electron chi connectivity index (χ1n) is 5.24. The zero-order valence-corrected chi connectivity index (χ0v) is 12.3. The molecule has 0 aliphatic carbocycles. The van der Waals surface area contributed by atoms with Gasteiger partial charge in [-0.15, -0.1) is 0 Å². The van der Waals surface area contributed by atoms with Crippen LogP contribution in [0.4, 0.5) is 21.7 Å². The van der Waals surface area contributed by atoms with Gasteiger partial charge in [-0.1, -0.05) is 11.8 Å². The van der Waals surface area contributed by atoms with Crippen LogP contribution in [0.5, 0.6) is 0 Å². The van der Waals surface area contributed by atoms with Crippen molar-refractivity contribution >= 4 is 45.0 Å². The summed E-state index contributed by atoms with van der Waals surface area (Å²) in [5.74, 6) is 6.01. The molecule has 0 aliphatic heterocycles. The molecule has 0 bridgehead atoms. The van der Waals surface area contributed by atoms with Crippen molar-refractivity contribution in [3.63, 3.8) is 0 Å². The fourth-order valence-electron chi connectivity index (χ4n) is 1.38. The molecular weight excluding hydrogens is 333 g/mol. The Balaban J connectivity index is 2.29. The number of nitrogens with zero attached hydrogens (tertiary/aromatic N) is 2. The second kappa shape index (κ2) is 6.18. The number of rotatable bonds is 4. The van der Waals surface area contributed by atoms with E-state index in [0.29, 0.717) is 27.0 Å². The summed E-state index contributed by atoms with van der Waals surface area (Å²) in [5.41, 5.74) is 3.05. The molecule has 0 amide bonds. The monoisotopic (exact) mass is 343 g/mol. The molecule has 100 valence electrons. The summed E-state index contributed by atoms with van der Waals surface area (Å²) in [7, 11) is 0. The molecule has 0 saturated heterocycles. The van der Waals surface area contributed by atoms with Gasteiger partial charge in [0.2, 0.25) is 0 Å². The largest absolute Gasteiger partial charge is 0.340 e. The van der Waals surface area contributed by atoms with E-state index in [2.05, 4.69) is 36.6 Å². The SMILES string of the molecule is CSc1nc(NN)cc(Nc2ccc(Br)c(F)c2)n1. The molecule has 1 aromatic heterocycles. The molecule has 0 saturated carbocycles. The molecule has 0 atom stereocenters. The lowest BCUT2D eigenvalue weighted by Crippen LogP contribution is -2.10. The molecule has 2 aromatic rings. The molecular formula is C11H11BrFN5S. The molecule has 0 spiro atoms. The van der Waals surface area contributed by atoms with Crippen molar-refractivity contribution in [1.82, 2.24) is 9.97 Å². The highest BCUT2D eigenvalue weighted by atomic mass is 79.9. The quantitative estimate of drug-likeness (QED) is 0.342. The minimum Gasteiger partial charge on any atom is -0.340 e. The second-order valence-electron chi connectivity index (χ2n) is 3.52. The van der Waals surface area contributed by atoms with Crippen molar-refractivity contribution in [1.29, 1.82) is 0 Å². The predicted octanol–water partition coefficient (Wildman–Crippen LogP) is 3.13. The van der Waals surface area contributed by atoms with E-state index in [0.717, 1.165) is 0 Å². The van der Waals surface area contributed by atoms with Crippen LogP contribution in [-0.4, -0.2) is 16.2 Å². The number of hydrogen-bond donors (Lipinski definition) is 3. The first-order chi connectivity index (χ1) is 9.12. The first kappa shape index (κ1) is 14.0. The lowest BCUT2D eigenvalue weighted by molar-refractivity contribution is 0.622. The lowest BCUT2D eigenvalue weighted by Gasteiger charge is -2.09. The maximum Gasteiger partial charge on any atom is 0.191 e. The molecule has 4 N–H and O–H groups in total. The van der Waals surface area contributed by atoms with Gasteiger partial charge in [-0.05, 0) is 40.4 Å². The van der Waals surface area contributed by atoms with E-state index in [1.807, 2.05) is 6.26 Å². The van der Waals surface area contributed by atoms with E-state index in [9.17, 15) is 4.39 Å². The molecule has 0 radical (unpaired) electrons. The van der Waals surface area contributed by atoms with Crippen LogP contribution in [0.2, 0.25) is 0 Å². The summed E-state index contributed by atoms with van der Waals surface area (Å²) >= 11 is 4.49. The number of hydrazine groups is 1. The third-order valence-electron chi connectivity index (χ3n) is 2.23. The minimum absolute atomic E-state index is 0.346. The number of aromatic nitrogens is 2. The van der Waals surface area contributed by atoms with Crippen LogP contribution in [0.25, 0.3) is 0 Å². The van der Waals surface area contributed by atoms with E-state index in [1.165, 1.54) is 17.8 Å². The van der Waals surface area contributed by atoms with Crippen molar-refractivity contribution in [3.05, 3.63) is 34.6 Å². The molecule has 0 unspecified atom stereocenters. The Morgan fingerprint density at radius 1 is 1.26 bits per heavy atom. The van der Waals surface area contributed by atoms with Crippen molar-refractivity contribution in [2.45, 2.75) is 5.16 Å². The van der Waals surface area contributed by atoms with Crippen molar-refractivity contribution < 1.29 is 4.39 Å².